The van der Waals surface area contributed by atoms with Gasteiger partial charge in [-0.15, -0.1) is 0 Å². The van der Waals surface area contributed by atoms with Crippen molar-refractivity contribution in [2.45, 2.75) is 39.0 Å². The van der Waals surface area contributed by atoms with Gasteiger partial charge < -0.3 is 15.2 Å². The van der Waals surface area contributed by atoms with Crippen molar-refractivity contribution < 1.29 is 9.84 Å². The largest absolute Gasteiger partial charge is 0.497 e. The summed E-state index contributed by atoms with van der Waals surface area (Å²) in [6.45, 7) is 6.74. The van der Waals surface area contributed by atoms with Crippen molar-refractivity contribution in [1.29, 1.82) is 0 Å². The summed E-state index contributed by atoms with van der Waals surface area (Å²) in [5.74, 6) is 0.753. The zero-order chi connectivity index (χ0) is 16.1. The van der Waals surface area contributed by atoms with Gasteiger partial charge in [-0.3, -0.25) is 4.68 Å². The second-order valence-corrected chi connectivity index (χ2v) is 5.77. The molecule has 1 aromatic heterocycles. The van der Waals surface area contributed by atoms with Crippen LogP contribution in [0, 0.1) is 0 Å². The van der Waals surface area contributed by atoms with E-state index in [9.17, 15) is 5.11 Å². The van der Waals surface area contributed by atoms with Gasteiger partial charge in [0.25, 0.3) is 0 Å². The number of nitrogens with zero attached hydrogens (tertiary/aromatic N) is 2. The molecule has 1 heterocycles. The van der Waals surface area contributed by atoms with Gasteiger partial charge in [0.05, 0.1) is 19.4 Å². The highest BCUT2D eigenvalue weighted by Crippen LogP contribution is 2.20. The minimum atomic E-state index is -0.572. The number of rotatable bonds is 7. The minimum Gasteiger partial charge on any atom is -0.497 e. The fourth-order valence-corrected chi connectivity index (χ4v) is 2.23. The van der Waals surface area contributed by atoms with Crippen molar-refractivity contribution in [2.75, 3.05) is 13.7 Å². The van der Waals surface area contributed by atoms with E-state index >= 15 is 0 Å². The van der Waals surface area contributed by atoms with Crippen molar-refractivity contribution in [3.8, 4) is 5.75 Å². The van der Waals surface area contributed by atoms with Crippen molar-refractivity contribution in [3.63, 3.8) is 0 Å². The second kappa shape index (κ2) is 7.42. The molecular weight excluding hydrogens is 278 g/mol. The molecule has 0 fully saturated rings. The quantitative estimate of drug-likeness (QED) is 0.826. The molecule has 0 amide bonds. The van der Waals surface area contributed by atoms with Gasteiger partial charge in [0.2, 0.25) is 0 Å². The standard InChI is InChI=1S/C17H25N3O2/c1-12(2)20-11-15(9-19-20)13(3)18-10-17(21)14-6-5-7-16(8-14)22-4/h5-9,11-13,17-18,21H,10H2,1-4H3/t13-,17-/m0/s1. The van der Waals surface area contributed by atoms with Crippen molar-refractivity contribution in [3.05, 3.63) is 47.8 Å². The van der Waals surface area contributed by atoms with E-state index in [4.69, 9.17) is 4.74 Å². The molecule has 0 saturated carbocycles. The lowest BCUT2D eigenvalue weighted by molar-refractivity contribution is 0.170. The zero-order valence-electron chi connectivity index (χ0n) is 13.7. The summed E-state index contributed by atoms with van der Waals surface area (Å²) in [5.41, 5.74) is 1.96. The summed E-state index contributed by atoms with van der Waals surface area (Å²) in [4.78, 5) is 0. The first kappa shape index (κ1) is 16.5. The Bertz CT molecular complexity index is 595. The molecule has 2 rings (SSSR count). The number of aromatic nitrogens is 2. The molecule has 0 saturated heterocycles. The van der Waals surface area contributed by atoms with E-state index in [-0.39, 0.29) is 6.04 Å². The lowest BCUT2D eigenvalue weighted by Crippen LogP contribution is -2.24. The Morgan fingerprint density at radius 2 is 2.05 bits per heavy atom. The van der Waals surface area contributed by atoms with Gasteiger partial charge in [0, 0.05) is 30.4 Å². The van der Waals surface area contributed by atoms with Crippen LogP contribution in [0.25, 0.3) is 0 Å². The molecule has 0 aliphatic carbocycles. The van der Waals surface area contributed by atoms with Gasteiger partial charge >= 0.3 is 0 Å². The number of aliphatic hydroxyl groups excluding tert-OH is 1. The van der Waals surface area contributed by atoms with E-state index in [2.05, 4.69) is 31.2 Å². The monoisotopic (exact) mass is 303 g/mol. The molecule has 0 spiro atoms. The zero-order valence-corrected chi connectivity index (χ0v) is 13.7. The Balaban J connectivity index is 1.93. The van der Waals surface area contributed by atoms with E-state index in [0.717, 1.165) is 16.9 Å². The molecule has 1 aromatic carbocycles. The van der Waals surface area contributed by atoms with E-state index < -0.39 is 6.10 Å². The number of benzene rings is 1. The first-order chi connectivity index (χ1) is 10.5. The lowest BCUT2D eigenvalue weighted by Gasteiger charge is -2.17. The lowest BCUT2D eigenvalue weighted by atomic mass is 10.1. The molecule has 0 radical (unpaired) electrons. The first-order valence-corrected chi connectivity index (χ1v) is 7.60. The van der Waals surface area contributed by atoms with Gasteiger partial charge in [-0.05, 0) is 38.5 Å². The molecular formula is C17H25N3O2. The Labute approximate surface area is 131 Å². The molecule has 0 unspecified atom stereocenters. The summed E-state index contributed by atoms with van der Waals surface area (Å²) >= 11 is 0. The third-order valence-electron chi connectivity index (χ3n) is 3.75. The summed E-state index contributed by atoms with van der Waals surface area (Å²) in [5, 5.41) is 18.0. The van der Waals surface area contributed by atoms with Crippen molar-refractivity contribution >= 4 is 0 Å². The van der Waals surface area contributed by atoms with Crippen LogP contribution in [0.1, 0.15) is 50.1 Å². The summed E-state index contributed by atoms with van der Waals surface area (Å²) in [6, 6.07) is 7.99. The number of hydrogen-bond donors (Lipinski definition) is 2. The topological polar surface area (TPSA) is 59.3 Å². The van der Waals surface area contributed by atoms with Crippen LogP contribution < -0.4 is 10.1 Å². The third kappa shape index (κ3) is 4.08. The van der Waals surface area contributed by atoms with E-state index in [1.54, 1.807) is 7.11 Å². The Hall–Kier alpha value is -1.85. The highest BCUT2D eigenvalue weighted by molar-refractivity contribution is 5.30. The van der Waals surface area contributed by atoms with Crippen LogP contribution in [-0.2, 0) is 0 Å². The number of hydrogen-bond acceptors (Lipinski definition) is 4. The molecule has 0 bridgehead atoms. The Morgan fingerprint density at radius 1 is 1.27 bits per heavy atom. The van der Waals surface area contributed by atoms with E-state index in [1.165, 1.54) is 0 Å². The van der Waals surface area contributed by atoms with Crippen LogP contribution in [-0.4, -0.2) is 28.5 Å². The average Bonchev–Trinajstić information content (AvgIpc) is 3.02. The molecule has 120 valence electrons. The Kier molecular flexibility index (Phi) is 5.57. The predicted octanol–water partition coefficient (Wildman–Crippen LogP) is 2.86. The number of aliphatic hydroxyl groups is 1. The number of methoxy groups -OCH3 is 1. The number of nitrogens with one attached hydrogen (secondary N) is 1. The van der Waals surface area contributed by atoms with Crippen LogP contribution in [0.2, 0.25) is 0 Å². The van der Waals surface area contributed by atoms with Crippen LogP contribution in [0.15, 0.2) is 36.7 Å². The van der Waals surface area contributed by atoms with Gasteiger partial charge in [-0.1, -0.05) is 12.1 Å². The first-order valence-electron chi connectivity index (χ1n) is 7.60. The van der Waals surface area contributed by atoms with E-state index in [0.29, 0.717) is 12.6 Å². The number of ether oxygens (including phenoxy) is 1. The molecule has 2 atom stereocenters. The molecule has 5 nitrogen and oxygen atoms in total. The summed E-state index contributed by atoms with van der Waals surface area (Å²) in [7, 11) is 1.62. The van der Waals surface area contributed by atoms with Crippen molar-refractivity contribution in [1.82, 2.24) is 15.1 Å². The van der Waals surface area contributed by atoms with Crippen LogP contribution in [0.3, 0.4) is 0 Å². The third-order valence-corrected chi connectivity index (χ3v) is 3.75. The molecule has 0 aliphatic heterocycles. The van der Waals surface area contributed by atoms with Gasteiger partial charge in [0.1, 0.15) is 5.75 Å². The SMILES string of the molecule is COc1cccc([C@@H](O)CN[C@@H](C)c2cnn(C(C)C)c2)c1. The Morgan fingerprint density at radius 3 is 2.68 bits per heavy atom. The summed E-state index contributed by atoms with van der Waals surface area (Å²) < 4.78 is 7.12. The maximum absolute atomic E-state index is 10.3. The second-order valence-electron chi connectivity index (χ2n) is 5.77. The van der Waals surface area contributed by atoms with Gasteiger partial charge in [-0.2, -0.15) is 5.10 Å². The van der Waals surface area contributed by atoms with Gasteiger partial charge in [-0.25, -0.2) is 0 Å². The average molecular weight is 303 g/mol. The normalized spacial score (nSPS) is 14.1. The predicted molar refractivity (Wildman–Crippen MR) is 87.0 cm³/mol. The molecule has 2 N–H and O–H groups in total. The van der Waals surface area contributed by atoms with Crippen molar-refractivity contribution in [2.24, 2.45) is 0 Å². The molecule has 5 heteroatoms. The maximum Gasteiger partial charge on any atom is 0.119 e. The fraction of sp³-hybridized carbons (Fsp3) is 0.471. The summed E-state index contributed by atoms with van der Waals surface area (Å²) in [6.07, 6.45) is 3.34. The molecule has 22 heavy (non-hydrogen) atoms. The highest BCUT2D eigenvalue weighted by atomic mass is 16.5. The van der Waals surface area contributed by atoms with E-state index in [1.807, 2.05) is 41.3 Å². The minimum absolute atomic E-state index is 0.132. The fourth-order valence-electron chi connectivity index (χ4n) is 2.23. The van der Waals surface area contributed by atoms with Gasteiger partial charge in [0.15, 0.2) is 0 Å². The highest BCUT2D eigenvalue weighted by Gasteiger charge is 2.13. The van der Waals surface area contributed by atoms with Crippen LogP contribution >= 0.6 is 0 Å². The smallest absolute Gasteiger partial charge is 0.119 e. The maximum atomic E-state index is 10.3. The molecule has 0 aliphatic rings. The van der Waals surface area contributed by atoms with Crippen LogP contribution in [0.4, 0.5) is 0 Å². The molecule has 2 aromatic rings. The van der Waals surface area contributed by atoms with Crippen LogP contribution in [0.5, 0.6) is 5.75 Å².